The van der Waals surface area contributed by atoms with Crippen molar-refractivity contribution in [2.75, 3.05) is 5.32 Å². The molecule has 1 aliphatic rings. The van der Waals surface area contributed by atoms with Crippen LogP contribution >= 0.6 is 23.2 Å². The Bertz CT molecular complexity index is 1010. The largest absolute Gasteiger partial charge is 0.460 e. The predicted molar refractivity (Wildman–Crippen MR) is 133 cm³/mol. The third kappa shape index (κ3) is 8.01. The number of esters is 1. The molecule has 194 valence electrons. The molecule has 1 N–H and O–H groups in total. The van der Waals surface area contributed by atoms with Gasteiger partial charge in [0.15, 0.2) is 0 Å². The average molecular weight is 534 g/mol. The van der Waals surface area contributed by atoms with Crippen LogP contribution in [0.1, 0.15) is 52.2 Å². The van der Waals surface area contributed by atoms with Crippen molar-refractivity contribution in [3.63, 3.8) is 0 Å². The van der Waals surface area contributed by atoms with Crippen molar-refractivity contribution in [1.82, 2.24) is 0 Å². The van der Waals surface area contributed by atoms with Crippen LogP contribution in [0.25, 0.3) is 0 Å². The fourth-order valence-corrected chi connectivity index (χ4v) is 4.41. The molecule has 0 saturated heterocycles. The van der Waals surface area contributed by atoms with E-state index in [1.165, 1.54) is 6.08 Å². The van der Waals surface area contributed by atoms with Gasteiger partial charge in [-0.2, -0.15) is 13.2 Å². The fourth-order valence-electron chi connectivity index (χ4n) is 3.99. The summed E-state index contributed by atoms with van der Waals surface area (Å²) in [5.41, 5.74) is 0.923. The lowest BCUT2D eigenvalue weighted by atomic mass is 9.78. The highest BCUT2D eigenvalue weighted by Gasteiger charge is 2.47. The maximum absolute atomic E-state index is 13.7. The van der Waals surface area contributed by atoms with Crippen LogP contribution in [0, 0.1) is 30.6 Å². The third-order valence-electron chi connectivity index (χ3n) is 6.02. The number of anilines is 1. The number of ether oxygens (including phenoxy) is 1. The first kappa shape index (κ1) is 29.2. The molecule has 0 radical (unpaired) electrons. The standard InChI is InChI=1S/C26H32Cl2F3NO3/c1-14(24(34)35-25(4,5)6)13-18-9-12-20(28)22(15(18)2)32-23(33)21(16(3)26(29,30)31)17-7-10-19(27)11-8-17/h7,9-12,14,16-17,21H,8,13H2,1-6H3,(H,32,33)/t14-,16-,17?,21+/m1/s1. The summed E-state index contributed by atoms with van der Waals surface area (Å²) in [5.74, 6) is -5.57. The van der Waals surface area contributed by atoms with Gasteiger partial charge in [-0.1, -0.05) is 55.3 Å². The lowest BCUT2D eigenvalue weighted by molar-refractivity contribution is -0.188. The summed E-state index contributed by atoms with van der Waals surface area (Å²) in [4.78, 5) is 25.7. The molecule has 0 fully saturated rings. The number of amides is 1. The van der Waals surface area contributed by atoms with Crippen molar-refractivity contribution in [2.45, 2.75) is 66.2 Å². The summed E-state index contributed by atoms with van der Waals surface area (Å²) in [6, 6.07) is 3.30. The van der Waals surface area contributed by atoms with Crippen LogP contribution in [-0.4, -0.2) is 23.7 Å². The van der Waals surface area contributed by atoms with Crippen molar-refractivity contribution in [2.24, 2.45) is 23.7 Å². The van der Waals surface area contributed by atoms with Gasteiger partial charge in [-0.05, 0) is 69.7 Å². The molecule has 0 aliphatic heterocycles. The lowest BCUT2D eigenvalue weighted by Gasteiger charge is -2.31. The second-order valence-electron chi connectivity index (χ2n) is 10.0. The van der Waals surface area contributed by atoms with E-state index in [1.807, 2.05) is 0 Å². The first-order valence-electron chi connectivity index (χ1n) is 11.4. The summed E-state index contributed by atoms with van der Waals surface area (Å²) < 4.78 is 46.5. The molecule has 9 heteroatoms. The smallest absolute Gasteiger partial charge is 0.392 e. The van der Waals surface area contributed by atoms with Gasteiger partial charge in [-0.3, -0.25) is 9.59 Å². The molecule has 0 heterocycles. The summed E-state index contributed by atoms with van der Waals surface area (Å²) in [7, 11) is 0. The molecule has 2 rings (SSSR count). The van der Waals surface area contributed by atoms with Gasteiger partial charge < -0.3 is 10.1 Å². The van der Waals surface area contributed by atoms with E-state index in [2.05, 4.69) is 5.32 Å². The summed E-state index contributed by atoms with van der Waals surface area (Å²) >= 11 is 12.3. The number of carbonyl (C=O) groups excluding carboxylic acids is 2. The molecule has 1 amide bonds. The molecular formula is C26H32Cl2F3NO3. The predicted octanol–water partition coefficient (Wildman–Crippen LogP) is 7.62. The summed E-state index contributed by atoms with van der Waals surface area (Å²) in [6.07, 6.45) is 0.626. The lowest BCUT2D eigenvalue weighted by Crippen LogP contribution is -2.40. The van der Waals surface area contributed by atoms with Crippen LogP contribution in [-0.2, 0) is 20.7 Å². The Labute approximate surface area is 214 Å². The van der Waals surface area contributed by atoms with Gasteiger partial charge in [-0.25, -0.2) is 0 Å². The SMILES string of the molecule is Cc1c(C[C@@H](C)C(=O)OC(C)(C)C)ccc(Cl)c1NC(=O)[C@H](C1C=CC(Cl)=CC1)[C@@H](C)C(F)(F)F. The average Bonchev–Trinajstić information content (AvgIpc) is 2.72. The highest BCUT2D eigenvalue weighted by molar-refractivity contribution is 6.34. The van der Waals surface area contributed by atoms with Crippen LogP contribution in [0.4, 0.5) is 18.9 Å². The zero-order valence-corrected chi connectivity index (χ0v) is 22.2. The number of nitrogens with one attached hydrogen (secondary N) is 1. The number of hydrogen-bond donors (Lipinski definition) is 1. The molecule has 0 saturated carbocycles. The Balaban J connectivity index is 2.32. The molecule has 35 heavy (non-hydrogen) atoms. The number of rotatable bonds is 7. The van der Waals surface area contributed by atoms with E-state index in [0.29, 0.717) is 17.0 Å². The van der Waals surface area contributed by atoms with E-state index in [9.17, 15) is 22.8 Å². The monoisotopic (exact) mass is 533 g/mol. The van der Waals surface area contributed by atoms with Crippen molar-refractivity contribution in [3.8, 4) is 0 Å². The van der Waals surface area contributed by atoms with Crippen molar-refractivity contribution < 1.29 is 27.5 Å². The minimum atomic E-state index is -4.57. The summed E-state index contributed by atoms with van der Waals surface area (Å²) in [5, 5.41) is 3.27. The first-order valence-corrected chi connectivity index (χ1v) is 12.2. The van der Waals surface area contributed by atoms with Gasteiger partial charge in [0, 0.05) is 5.03 Å². The molecule has 1 aromatic rings. The second kappa shape index (κ2) is 11.4. The van der Waals surface area contributed by atoms with Gasteiger partial charge in [0.25, 0.3) is 0 Å². The minimum Gasteiger partial charge on any atom is -0.460 e. The molecule has 0 bridgehead atoms. The zero-order valence-electron chi connectivity index (χ0n) is 20.7. The molecular weight excluding hydrogens is 502 g/mol. The highest BCUT2D eigenvalue weighted by atomic mass is 35.5. The Hall–Kier alpha value is -1.99. The molecule has 0 aromatic heterocycles. The van der Waals surface area contributed by atoms with Crippen LogP contribution in [0.2, 0.25) is 5.02 Å². The molecule has 0 spiro atoms. The normalized spacial score (nSPS) is 18.9. The van der Waals surface area contributed by atoms with Crippen LogP contribution in [0.5, 0.6) is 0 Å². The molecule has 1 aliphatic carbocycles. The van der Waals surface area contributed by atoms with E-state index < -0.39 is 41.4 Å². The third-order valence-corrected chi connectivity index (χ3v) is 6.61. The topological polar surface area (TPSA) is 55.4 Å². The zero-order chi connectivity index (χ0) is 26.7. The van der Waals surface area contributed by atoms with Crippen LogP contribution < -0.4 is 5.32 Å². The maximum atomic E-state index is 13.7. The minimum absolute atomic E-state index is 0.199. The fraction of sp³-hybridized carbons (Fsp3) is 0.538. The van der Waals surface area contributed by atoms with E-state index >= 15 is 0 Å². The van der Waals surface area contributed by atoms with Crippen molar-refractivity contribution in [1.29, 1.82) is 0 Å². The maximum Gasteiger partial charge on any atom is 0.392 e. The van der Waals surface area contributed by atoms with Crippen LogP contribution in [0.15, 0.2) is 35.4 Å². The number of benzene rings is 1. The number of halogens is 5. The van der Waals surface area contributed by atoms with Crippen LogP contribution in [0.3, 0.4) is 0 Å². The Kier molecular flexibility index (Phi) is 9.51. The highest BCUT2D eigenvalue weighted by Crippen LogP contribution is 2.40. The molecule has 4 atom stereocenters. The quantitative estimate of drug-likeness (QED) is 0.366. The van der Waals surface area contributed by atoms with E-state index in [1.54, 1.807) is 58.9 Å². The van der Waals surface area contributed by atoms with Crippen molar-refractivity contribution in [3.05, 3.63) is 51.5 Å². The van der Waals surface area contributed by atoms with E-state index in [4.69, 9.17) is 27.9 Å². The molecule has 4 nitrogen and oxygen atoms in total. The van der Waals surface area contributed by atoms with Gasteiger partial charge in [0.1, 0.15) is 5.60 Å². The Morgan fingerprint density at radius 3 is 2.31 bits per heavy atom. The Morgan fingerprint density at radius 2 is 1.80 bits per heavy atom. The van der Waals surface area contributed by atoms with Gasteiger partial charge in [0.2, 0.25) is 5.91 Å². The van der Waals surface area contributed by atoms with Crippen molar-refractivity contribution >= 4 is 40.8 Å². The van der Waals surface area contributed by atoms with Gasteiger partial charge >= 0.3 is 12.1 Å². The number of allylic oxidation sites excluding steroid dienone is 4. The number of hydrogen-bond acceptors (Lipinski definition) is 3. The van der Waals surface area contributed by atoms with Gasteiger partial charge in [0.05, 0.1) is 28.5 Å². The second-order valence-corrected chi connectivity index (χ2v) is 10.9. The van der Waals surface area contributed by atoms with E-state index in [0.717, 1.165) is 12.5 Å². The summed E-state index contributed by atoms with van der Waals surface area (Å²) in [6.45, 7) is 9.79. The first-order chi connectivity index (χ1) is 16.0. The molecule has 1 unspecified atom stereocenters. The van der Waals surface area contributed by atoms with Gasteiger partial charge in [-0.15, -0.1) is 0 Å². The number of alkyl halides is 3. The molecule has 1 aromatic carbocycles. The van der Waals surface area contributed by atoms with E-state index in [-0.39, 0.29) is 23.1 Å². The Morgan fingerprint density at radius 1 is 1.17 bits per heavy atom. The number of carbonyl (C=O) groups is 2.